The van der Waals surface area contributed by atoms with Crippen LogP contribution in [0.4, 0.5) is 5.69 Å². The fourth-order valence-corrected chi connectivity index (χ4v) is 3.35. The molecular formula is C18H18N2O4S. The summed E-state index contributed by atoms with van der Waals surface area (Å²) in [6, 6.07) is 12.3. The molecule has 2 N–H and O–H groups in total. The SMILES string of the molecule is CC(=O)c1ccc(S(=O)(=O)Nc2cccc(C(=O)NC3CC3)c2)cc1. The van der Waals surface area contributed by atoms with E-state index in [1.165, 1.54) is 37.3 Å². The summed E-state index contributed by atoms with van der Waals surface area (Å²) >= 11 is 0. The molecule has 0 heterocycles. The zero-order chi connectivity index (χ0) is 18.0. The highest BCUT2D eigenvalue weighted by atomic mass is 32.2. The van der Waals surface area contributed by atoms with Crippen molar-refractivity contribution in [2.45, 2.75) is 30.7 Å². The van der Waals surface area contributed by atoms with E-state index in [2.05, 4.69) is 10.0 Å². The number of nitrogens with one attached hydrogen (secondary N) is 2. The molecule has 6 nitrogen and oxygen atoms in total. The van der Waals surface area contributed by atoms with Gasteiger partial charge < -0.3 is 5.32 Å². The van der Waals surface area contributed by atoms with Crippen LogP contribution in [0.2, 0.25) is 0 Å². The molecule has 0 saturated heterocycles. The third kappa shape index (κ3) is 4.24. The van der Waals surface area contributed by atoms with E-state index in [0.717, 1.165) is 12.8 Å². The van der Waals surface area contributed by atoms with E-state index in [9.17, 15) is 18.0 Å². The molecule has 1 amide bonds. The van der Waals surface area contributed by atoms with Crippen molar-refractivity contribution in [3.8, 4) is 0 Å². The quantitative estimate of drug-likeness (QED) is 0.776. The maximum atomic E-state index is 12.5. The van der Waals surface area contributed by atoms with Crippen molar-refractivity contribution in [1.29, 1.82) is 0 Å². The number of ketones is 1. The van der Waals surface area contributed by atoms with Crippen LogP contribution < -0.4 is 10.0 Å². The van der Waals surface area contributed by atoms with Crippen LogP contribution in [0, 0.1) is 0 Å². The molecule has 0 bridgehead atoms. The van der Waals surface area contributed by atoms with Gasteiger partial charge in [0.15, 0.2) is 5.78 Å². The van der Waals surface area contributed by atoms with Crippen molar-refractivity contribution >= 4 is 27.4 Å². The van der Waals surface area contributed by atoms with Gasteiger partial charge in [-0.1, -0.05) is 18.2 Å². The first-order valence-electron chi connectivity index (χ1n) is 7.90. The molecule has 2 aromatic rings. The number of anilines is 1. The van der Waals surface area contributed by atoms with Crippen LogP contribution in [0.1, 0.15) is 40.5 Å². The molecule has 130 valence electrons. The highest BCUT2D eigenvalue weighted by molar-refractivity contribution is 7.92. The Kier molecular flexibility index (Phi) is 4.59. The third-order valence-electron chi connectivity index (χ3n) is 3.86. The second kappa shape index (κ2) is 6.68. The number of carbonyl (C=O) groups is 2. The van der Waals surface area contributed by atoms with Crippen LogP contribution in [0.15, 0.2) is 53.4 Å². The van der Waals surface area contributed by atoms with Gasteiger partial charge in [0.25, 0.3) is 15.9 Å². The fourth-order valence-electron chi connectivity index (χ4n) is 2.30. The molecule has 1 aliphatic rings. The summed E-state index contributed by atoms with van der Waals surface area (Å²) in [7, 11) is -3.80. The smallest absolute Gasteiger partial charge is 0.261 e. The maximum absolute atomic E-state index is 12.5. The van der Waals surface area contributed by atoms with E-state index >= 15 is 0 Å². The van der Waals surface area contributed by atoms with E-state index in [4.69, 9.17) is 0 Å². The van der Waals surface area contributed by atoms with Gasteiger partial charge in [-0.3, -0.25) is 14.3 Å². The minimum Gasteiger partial charge on any atom is -0.349 e. The van der Waals surface area contributed by atoms with Crippen molar-refractivity contribution in [2.24, 2.45) is 0 Å². The van der Waals surface area contributed by atoms with E-state index < -0.39 is 10.0 Å². The number of sulfonamides is 1. The Labute approximate surface area is 146 Å². The fraction of sp³-hybridized carbons (Fsp3) is 0.222. The summed E-state index contributed by atoms with van der Waals surface area (Å²) in [5.74, 6) is -0.347. The molecule has 7 heteroatoms. The van der Waals surface area contributed by atoms with Gasteiger partial charge in [-0.2, -0.15) is 0 Å². The Bertz CT molecular complexity index is 916. The number of amides is 1. The van der Waals surface area contributed by atoms with E-state index in [-0.39, 0.29) is 22.6 Å². The lowest BCUT2D eigenvalue weighted by molar-refractivity contribution is 0.0950. The Hall–Kier alpha value is -2.67. The first-order chi connectivity index (χ1) is 11.8. The van der Waals surface area contributed by atoms with Crippen LogP contribution >= 0.6 is 0 Å². The summed E-state index contributed by atoms with van der Waals surface area (Å²) in [5.41, 5.74) is 1.15. The standard InChI is InChI=1S/C18H18N2O4S/c1-12(21)13-5-9-17(10-6-13)25(23,24)20-16-4-2-3-14(11-16)18(22)19-15-7-8-15/h2-6,9-11,15,20H,7-8H2,1H3,(H,19,22). The predicted octanol–water partition coefficient (Wildman–Crippen LogP) is 2.58. The summed E-state index contributed by atoms with van der Waals surface area (Å²) in [6.07, 6.45) is 1.96. The Balaban J connectivity index is 1.78. The van der Waals surface area contributed by atoms with Crippen molar-refractivity contribution in [1.82, 2.24) is 5.32 Å². The van der Waals surface area contributed by atoms with Gasteiger partial charge in [-0.25, -0.2) is 8.42 Å². The third-order valence-corrected chi connectivity index (χ3v) is 5.26. The van der Waals surface area contributed by atoms with Crippen LogP contribution in [-0.4, -0.2) is 26.2 Å². The molecular weight excluding hydrogens is 340 g/mol. The second-order valence-corrected chi connectivity index (χ2v) is 7.70. The van der Waals surface area contributed by atoms with E-state index in [1.807, 2.05) is 0 Å². The summed E-state index contributed by atoms with van der Waals surface area (Å²) in [4.78, 5) is 23.4. The van der Waals surface area contributed by atoms with Crippen LogP contribution in [-0.2, 0) is 10.0 Å². The Morgan fingerprint density at radius 3 is 2.28 bits per heavy atom. The molecule has 1 fully saturated rings. The highest BCUT2D eigenvalue weighted by Gasteiger charge is 2.24. The van der Waals surface area contributed by atoms with Gasteiger partial charge in [0.05, 0.1) is 4.90 Å². The predicted molar refractivity (Wildman–Crippen MR) is 94.2 cm³/mol. The molecule has 1 saturated carbocycles. The van der Waals surface area contributed by atoms with E-state index in [0.29, 0.717) is 16.8 Å². The number of Topliss-reactive ketones (excluding diaryl/α,β-unsaturated/α-hetero) is 1. The molecule has 0 aromatic heterocycles. The van der Waals surface area contributed by atoms with Crippen LogP contribution in [0.25, 0.3) is 0 Å². The summed E-state index contributed by atoms with van der Waals surface area (Å²) in [6.45, 7) is 1.42. The Morgan fingerprint density at radius 2 is 1.68 bits per heavy atom. The van der Waals surface area contributed by atoms with Crippen LogP contribution in [0.5, 0.6) is 0 Å². The lowest BCUT2D eigenvalue weighted by Crippen LogP contribution is -2.25. The van der Waals surface area contributed by atoms with E-state index in [1.54, 1.807) is 18.2 Å². The zero-order valence-electron chi connectivity index (χ0n) is 13.7. The number of carbonyl (C=O) groups excluding carboxylic acids is 2. The number of rotatable bonds is 6. The molecule has 0 unspecified atom stereocenters. The van der Waals surface area contributed by atoms with Crippen molar-refractivity contribution in [3.05, 3.63) is 59.7 Å². The summed E-state index contributed by atoms with van der Waals surface area (Å²) < 4.78 is 27.4. The molecule has 0 atom stereocenters. The van der Waals surface area contributed by atoms with Crippen molar-refractivity contribution < 1.29 is 18.0 Å². The average molecular weight is 358 g/mol. The lowest BCUT2D eigenvalue weighted by Gasteiger charge is -2.10. The van der Waals surface area contributed by atoms with Gasteiger partial charge in [0.2, 0.25) is 0 Å². The van der Waals surface area contributed by atoms with Gasteiger partial charge in [-0.15, -0.1) is 0 Å². The van der Waals surface area contributed by atoms with Gasteiger partial charge in [0.1, 0.15) is 0 Å². The first kappa shape index (κ1) is 17.2. The van der Waals surface area contributed by atoms with Crippen molar-refractivity contribution in [2.75, 3.05) is 4.72 Å². The van der Waals surface area contributed by atoms with Gasteiger partial charge >= 0.3 is 0 Å². The minimum atomic E-state index is -3.80. The topological polar surface area (TPSA) is 92.3 Å². The number of hydrogen-bond acceptors (Lipinski definition) is 4. The van der Waals surface area contributed by atoms with Crippen molar-refractivity contribution in [3.63, 3.8) is 0 Å². The van der Waals surface area contributed by atoms with Gasteiger partial charge in [-0.05, 0) is 50.1 Å². The molecule has 25 heavy (non-hydrogen) atoms. The molecule has 0 spiro atoms. The zero-order valence-corrected chi connectivity index (χ0v) is 14.5. The van der Waals surface area contributed by atoms with Gasteiger partial charge in [0, 0.05) is 22.9 Å². The molecule has 0 aliphatic heterocycles. The monoisotopic (exact) mass is 358 g/mol. The minimum absolute atomic E-state index is 0.0466. The number of hydrogen-bond donors (Lipinski definition) is 2. The molecule has 1 aliphatic carbocycles. The average Bonchev–Trinajstić information content (AvgIpc) is 3.38. The largest absolute Gasteiger partial charge is 0.349 e. The van der Waals surface area contributed by atoms with Crippen LogP contribution in [0.3, 0.4) is 0 Å². The Morgan fingerprint density at radius 1 is 1.00 bits per heavy atom. The molecule has 0 radical (unpaired) electrons. The lowest BCUT2D eigenvalue weighted by atomic mass is 10.2. The number of benzene rings is 2. The maximum Gasteiger partial charge on any atom is 0.261 e. The highest BCUT2D eigenvalue weighted by Crippen LogP contribution is 2.21. The normalized spacial score (nSPS) is 14.0. The molecule has 2 aromatic carbocycles. The molecule has 3 rings (SSSR count). The summed E-state index contributed by atoms with van der Waals surface area (Å²) in [5, 5.41) is 2.86. The first-order valence-corrected chi connectivity index (χ1v) is 9.38. The second-order valence-electron chi connectivity index (χ2n) is 6.01.